The molecule has 1 amide bonds. The number of nitrogens with one attached hydrogen (secondary N) is 1. The van der Waals surface area contributed by atoms with E-state index in [1.165, 1.54) is 0 Å². The van der Waals surface area contributed by atoms with Crippen molar-refractivity contribution in [2.75, 3.05) is 20.3 Å². The Bertz CT molecular complexity index is 680. The molecule has 2 rings (SSSR count). The molecule has 1 heterocycles. The lowest BCUT2D eigenvalue weighted by Gasteiger charge is -2.11. The van der Waals surface area contributed by atoms with Crippen molar-refractivity contribution in [3.05, 3.63) is 47.4 Å². The predicted molar refractivity (Wildman–Crippen MR) is 89.3 cm³/mol. The average Bonchev–Trinajstić information content (AvgIpc) is 2.91. The predicted octanol–water partition coefficient (Wildman–Crippen LogP) is 2.52. The molecule has 0 aliphatic heterocycles. The largest absolute Gasteiger partial charge is 0.497 e. The normalized spacial score (nSPS) is 11.8. The van der Waals surface area contributed by atoms with E-state index < -0.39 is 6.10 Å². The number of rotatable bonds is 8. The maximum Gasteiger partial charge on any atom is 0.257 e. The molecule has 0 saturated carbocycles. The lowest BCUT2D eigenvalue weighted by Crippen LogP contribution is -2.30. The quantitative estimate of drug-likeness (QED) is 0.776. The van der Waals surface area contributed by atoms with E-state index in [9.17, 15) is 9.90 Å². The van der Waals surface area contributed by atoms with Crippen LogP contribution in [0.4, 0.5) is 0 Å². The number of hydrogen-bond acceptors (Lipinski definition) is 5. The molecule has 0 aliphatic rings. The molecular weight excluding hydrogens is 310 g/mol. The monoisotopic (exact) mass is 333 g/mol. The number of methoxy groups -OCH3 is 1. The molecule has 0 saturated heterocycles. The summed E-state index contributed by atoms with van der Waals surface area (Å²) in [6.45, 7) is 3.91. The maximum absolute atomic E-state index is 11.8. The van der Waals surface area contributed by atoms with Crippen molar-refractivity contribution in [3.8, 4) is 11.5 Å². The summed E-state index contributed by atoms with van der Waals surface area (Å²) in [6.07, 6.45) is -0.257. The van der Waals surface area contributed by atoms with Gasteiger partial charge in [0.2, 0.25) is 0 Å². The maximum atomic E-state index is 11.8. The summed E-state index contributed by atoms with van der Waals surface area (Å²) in [5.74, 6) is 2.45. The standard InChI is InChI=1S/C18H23NO5/c1-12-9-16(13(2)24-12)17(20)7-8-19-18(21)11-23-15-6-4-5-14(10-15)22-3/h4-6,9-10,17,20H,7-8,11H2,1-3H3,(H,19,21). The minimum Gasteiger partial charge on any atom is -0.497 e. The van der Waals surface area contributed by atoms with Crippen LogP contribution in [0.2, 0.25) is 0 Å². The van der Waals surface area contributed by atoms with E-state index in [-0.39, 0.29) is 12.5 Å². The first kappa shape index (κ1) is 17.9. The Labute approximate surface area is 141 Å². The third-order valence-electron chi connectivity index (χ3n) is 3.59. The second-order valence-corrected chi connectivity index (χ2v) is 5.49. The Hall–Kier alpha value is -2.47. The molecule has 0 bridgehead atoms. The third kappa shape index (κ3) is 5.03. The second-order valence-electron chi connectivity index (χ2n) is 5.49. The fourth-order valence-electron chi connectivity index (χ4n) is 2.38. The zero-order chi connectivity index (χ0) is 17.5. The van der Waals surface area contributed by atoms with E-state index in [0.29, 0.717) is 30.2 Å². The van der Waals surface area contributed by atoms with Crippen molar-refractivity contribution in [2.24, 2.45) is 0 Å². The van der Waals surface area contributed by atoms with Gasteiger partial charge in [0, 0.05) is 18.2 Å². The fourth-order valence-corrected chi connectivity index (χ4v) is 2.38. The summed E-state index contributed by atoms with van der Waals surface area (Å²) in [4.78, 5) is 11.8. The third-order valence-corrected chi connectivity index (χ3v) is 3.59. The molecular formula is C18H23NO5. The number of furan rings is 1. The summed E-state index contributed by atoms with van der Waals surface area (Å²) in [6, 6.07) is 8.86. The second kappa shape index (κ2) is 8.40. The molecule has 0 fully saturated rings. The smallest absolute Gasteiger partial charge is 0.257 e. The van der Waals surface area contributed by atoms with Gasteiger partial charge in [-0.3, -0.25) is 4.79 Å². The zero-order valence-corrected chi connectivity index (χ0v) is 14.2. The first-order valence-corrected chi connectivity index (χ1v) is 7.78. The van der Waals surface area contributed by atoms with Crippen LogP contribution >= 0.6 is 0 Å². The number of amides is 1. The zero-order valence-electron chi connectivity index (χ0n) is 14.2. The fraction of sp³-hybridized carbons (Fsp3) is 0.389. The first-order chi connectivity index (χ1) is 11.5. The lowest BCUT2D eigenvalue weighted by molar-refractivity contribution is -0.123. The lowest BCUT2D eigenvalue weighted by atomic mass is 10.1. The number of aliphatic hydroxyl groups excluding tert-OH is 1. The van der Waals surface area contributed by atoms with Crippen molar-refractivity contribution in [1.82, 2.24) is 5.32 Å². The van der Waals surface area contributed by atoms with Crippen LogP contribution in [0, 0.1) is 13.8 Å². The highest BCUT2D eigenvalue weighted by atomic mass is 16.5. The van der Waals surface area contributed by atoms with Crippen LogP contribution in [0.15, 0.2) is 34.7 Å². The molecule has 6 heteroatoms. The summed E-state index contributed by atoms with van der Waals surface area (Å²) in [5.41, 5.74) is 0.759. The summed E-state index contributed by atoms with van der Waals surface area (Å²) >= 11 is 0. The number of benzene rings is 1. The van der Waals surface area contributed by atoms with Gasteiger partial charge in [0.05, 0.1) is 13.2 Å². The molecule has 0 radical (unpaired) electrons. The highest BCUT2D eigenvalue weighted by Crippen LogP contribution is 2.23. The summed E-state index contributed by atoms with van der Waals surface area (Å²) in [5, 5.41) is 12.9. The highest BCUT2D eigenvalue weighted by molar-refractivity contribution is 5.77. The van der Waals surface area contributed by atoms with Gasteiger partial charge >= 0.3 is 0 Å². The Balaban J connectivity index is 1.72. The Morgan fingerprint density at radius 1 is 1.29 bits per heavy atom. The van der Waals surface area contributed by atoms with Gasteiger partial charge in [-0.2, -0.15) is 0 Å². The number of carbonyl (C=O) groups is 1. The van der Waals surface area contributed by atoms with Gasteiger partial charge in [0.15, 0.2) is 6.61 Å². The van der Waals surface area contributed by atoms with Crippen LogP contribution in [-0.2, 0) is 4.79 Å². The van der Waals surface area contributed by atoms with Crippen LogP contribution in [0.3, 0.4) is 0 Å². The van der Waals surface area contributed by atoms with Crippen molar-refractivity contribution in [3.63, 3.8) is 0 Å². The van der Waals surface area contributed by atoms with Gasteiger partial charge < -0.3 is 24.3 Å². The van der Waals surface area contributed by atoms with Crippen LogP contribution in [0.5, 0.6) is 11.5 Å². The molecule has 2 N–H and O–H groups in total. The van der Waals surface area contributed by atoms with Crippen molar-refractivity contribution in [2.45, 2.75) is 26.4 Å². The van der Waals surface area contributed by atoms with Crippen LogP contribution < -0.4 is 14.8 Å². The highest BCUT2D eigenvalue weighted by Gasteiger charge is 2.14. The SMILES string of the molecule is COc1cccc(OCC(=O)NCCC(O)c2cc(C)oc2C)c1. The van der Waals surface area contributed by atoms with Crippen LogP contribution in [-0.4, -0.2) is 31.3 Å². The number of hydrogen-bond donors (Lipinski definition) is 2. The molecule has 1 unspecified atom stereocenters. The van der Waals surface area contributed by atoms with Crippen molar-refractivity contribution in [1.29, 1.82) is 0 Å². The minimum atomic E-state index is -0.665. The number of aryl methyl sites for hydroxylation is 2. The van der Waals surface area contributed by atoms with Gasteiger partial charge in [-0.15, -0.1) is 0 Å². The molecule has 130 valence electrons. The number of aliphatic hydroxyl groups is 1. The van der Waals surface area contributed by atoms with E-state index in [1.807, 2.05) is 19.9 Å². The van der Waals surface area contributed by atoms with E-state index in [0.717, 1.165) is 11.3 Å². The van der Waals surface area contributed by atoms with Crippen LogP contribution in [0.25, 0.3) is 0 Å². The Morgan fingerprint density at radius 3 is 2.71 bits per heavy atom. The van der Waals surface area contributed by atoms with E-state index in [1.54, 1.807) is 31.4 Å². The molecule has 2 aromatic rings. The van der Waals surface area contributed by atoms with Gasteiger partial charge in [-0.1, -0.05) is 6.07 Å². The molecule has 0 aliphatic carbocycles. The van der Waals surface area contributed by atoms with E-state index in [2.05, 4.69) is 5.32 Å². The number of carbonyl (C=O) groups excluding carboxylic acids is 1. The van der Waals surface area contributed by atoms with E-state index in [4.69, 9.17) is 13.9 Å². The van der Waals surface area contributed by atoms with Crippen molar-refractivity contribution >= 4 is 5.91 Å². The molecule has 1 aromatic carbocycles. The molecule has 1 atom stereocenters. The molecule has 6 nitrogen and oxygen atoms in total. The molecule has 24 heavy (non-hydrogen) atoms. The van der Waals surface area contributed by atoms with Gasteiger partial charge in [0.25, 0.3) is 5.91 Å². The van der Waals surface area contributed by atoms with Gasteiger partial charge in [0.1, 0.15) is 23.0 Å². The van der Waals surface area contributed by atoms with E-state index >= 15 is 0 Å². The summed E-state index contributed by atoms with van der Waals surface area (Å²) < 4.78 is 15.9. The average molecular weight is 333 g/mol. The van der Waals surface area contributed by atoms with Crippen molar-refractivity contribution < 1.29 is 23.8 Å². The Morgan fingerprint density at radius 2 is 2.04 bits per heavy atom. The Kier molecular flexibility index (Phi) is 6.26. The topological polar surface area (TPSA) is 80.9 Å². The van der Waals surface area contributed by atoms with Crippen LogP contribution in [0.1, 0.15) is 29.6 Å². The minimum absolute atomic E-state index is 0.0902. The van der Waals surface area contributed by atoms with Gasteiger partial charge in [-0.25, -0.2) is 0 Å². The number of ether oxygens (including phenoxy) is 2. The molecule has 0 spiro atoms. The summed E-state index contributed by atoms with van der Waals surface area (Å²) in [7, 11) is 1.57. The first-order valence-electron chi connectivity index (χ1n) is 7.78. The van der Waals surface area contributed by atoms with Gasteiger partial charge in [-0.05, 0) is 38.5 Å². The molecule has 1 aromatic heterocycles.